The van der Waals surface area contributed by atoms with E-state index in [0.717, 1.165) is 32.9 Å². The third-order valence-electron chi connectivity index (χ3n) is 5.54. The number of rotatable bonds is 4. The molecule has 0 saturated carbocycles. The lowest BCUT2D eigenvalue weighted by Crippen LogP contribution is -2.26. The number of aliphatic imine (C=N–C) groups is 1. The lowest BCUT2D eigenvalue weighted by molar-refractivity contribution is 0.470. The van der Waals surface area contributed by atoms with Gasteiger partial charge in [-0.05, 0) is 24.3 Å². The van der Waals surface area contributed by atoms with E-state index in [1.165, 1.54) is 4.68 Å². The number of nitrogens with one attached hydrogen (secondary N) is 1. The number of hydrogen-bond acceptors (Lipinski definition) is 6. The normalized spacial score (nSPS) is 13.5. The van der Waals surface area contributed by atoms with Gasteiger partial charge in [0.15, 0.2) is 0 Å². The summed E-state index contributed by atoms with van der Waals surface area (Å²) < 4.78 is 9.39. The standard InChI is InChI=1S/C22H17N7O2/c1-28-19-9-14(31-21-17-10-25-27-18(17)6-8-24-21)4-5-15(19)16-11-26-29(22(30)20(16)28)12-13-3-2-7-23-13/h2-6,8-11H,7,12H2,1H3,(H,25,27). The summed E-state index contributed by atoms with van der Waals surface area (Å²) in [5.41, 5.74) is 3.03. The van der Waals surface area contributed by atoms with Gasteiger partial charge < -0.3 is 9.30 Å². The van der Waals surface area contributed by atoms with Crippen molar-refractivity contribution in [3.05, 3.63) is 65.4 Å². The van der Waals surface area contributed by atoms with E-state index in [0.29, 0.717) is 30.2 Å². The molecule has 0 bridgehead atoms. The van der Waals surface area contributed by atoms with Crippen molar-refractivity contribution in [2.24, 2.45) is 12.0 Å². The van der Waals surface area contributed by atoms with Crippen LogP contribution >= 0.6 is 0 Å². The highest BCUT2D eigenvalue weighted by molar-refractivity contribution is 6.07. The molecule has 0 amide bonds. The fourth-order valence-electron chi connectivity index (χ4n) is 4.02. The van der Waals surface area contributed by atoms with E-state index >= 15 is 0 Å². The maximum absolute atomic E-state index is 13.1. The minimum absolute atomic E-state index is 0.147. The van der Waals surface area contributed by atoms with E-state index in [4.69, 9.17) is 4.74 Å². The van der Waals surface area contributed by atoms with Crippen molar-refractivity contribution in [2.75, 3.05) is 6.54 Å². The number of allylic oxidation sites excluding steroid dienone is 1. The van der Waals surface area contributed by atoms with Gasteiger partial charge in [-0.1, -0.05) is 6.08 Å². The molecule has 0 spiro atoms. The van der Waals surface area contributed by atoms with Gasteiger partial charge in [0.05, 0.1) is 47.6 Å². The summed E-state index contributed by atoms with van der Waals surface area (Å²) in [4.78, 5) is 21.8. The minimum atomic E-state index is -0.147. The van der Waals surface area contributed by atoms with Crippen LogP contribution in [0.15, 0.2) is 64.8 Å². The molecule has 1 N–H and O–H groups in total. The largest absolute Gasteiger partial charge is 0.438 e. The molecule has 5 aromatic rings. The second-order valence-electron chi connectivity index (χ2n) is 7.39. The third kappa shape index (κ3) is 2.74. The molecule has 0 atom stereocenters. The van der Waals surface area contributed by atoms with Crippen LogP contribution in [-0.4, -0.2) is 41.8 Å². The topological polar surface area (TPSA) is 103 Å². The Morgan fingerprint density at radius 1 is 1.16 bits per heavy atom. The Hall–Kier alpha value is -4.27. The molecule has 1 aromatic carbocycles. The van der Waals surface area contributed by atoms with Crippen molar-refractivity contribution in [3.8, 4) is 11.6 Å². The molecule has 0 saturated heterocycles. The number of nitrogens with zero attached hydrogens (tertiary/aromatic N) is 6. The van der Waals surface area contributed by atoms with Gasteiger partial charge in [-0.2, -0.15) is 10.2 Å². The monoisotopic (exact) mass is 411 g/mol. The Morgan fingerprint density at radius 2 is 2.10 bits per heavy atom. The number of pyridine rings is 1. The molecular formula is C22H17N7O2. The summed E-state index contributed by atoms with van der Waals surface area (Å²) in [6.07, 6.45) is 8.99. The van der Waals surface area contributed by atoms with Crippen LogP contribution in [0.25, 0.3) is 32.7 Å². The highest BCUT2D eigenvalue weighted by Gasteiger charge is 2.16. The van der Waals surface area contributed by atoms with Gasteiger partial charge in [0.1, 0.15) is 11.3 Å². The van der Waals surface area contributed by atoms with Gasteiger partial charge in [0.2, 0.25) is 5.88 Å². The van der Waals surface area contributed by atoms with Gasteiger partial charge in [0, 0.05) is 30.1 Å². The molecule has 1 aliphatic heterocycles. The predicted octanol–water partition coefficient (Wildman–Crippen LogP) is 2.96. The van der Waals surface area contributed by atoms with Gasteiger partial charge >= 0.3 is 0 Å². The van der Waals surface area contributed by atoms with Crippen LogP contribution in [-0.2, 0) is 13.6 Å². The molecule has 0 aliphatic carbocycles. The average Bonchev–Trinajstić information content (AvgIpc) is 3.51. The van der Waals surface area contributed by atoms with E-state index in [1.54, 1.807) is 18.6 Å². The predicted molar refractivity (Wildman–Crippen MR) is 118 cm³/mol. The SMILES string of the molecule is Cn1c2cc(Oc3nccc4[nH]ncc34)ccc2c2cnn(CC3=NCC=C3)c(=O)c21. The van der Waals surface area contributed by atoms with Crippen molar-refractivity contribution in [2.45, 2.75) is 6.54 Å². The number of H-pyrrole nitrogens is 1. The highest BCUT2D eigenvalue weighted by atomic mass is 16.5. The van der Waals surface area contributed by atoms with E-state index < -0.39 is 0 Å². The van der Waals surface area contributed by atoms with Crippen LogP contribution in [0.3, 0.4) is 0 Å². The van der Waals surface area contributed by atoms with Crippen LogP contribution in [0.2, 0.25) is 0 Å². The summed E-state index contributed by atoms with van der Waals surface area (Å²) >= 11 is 0. The molecule has 31 heavy (non-hydrogen) atoms. The summed E-state index contributed by atoms with van der Waals surface area (Å²) in [6, 6.07) is 7.56. The Bertz CT molecular complexity index is 1600. The third-order valence-corrected chi connectivity index (χ3v) is 5.54. The van der Waals surface area contributed by atoms with Crippen molar-refractivity contribution in [1.82, 2.24) is 29.5 Å². The number of aromatic nitrogens is 6. The zero-order chi connectivity index (χ0) is 20.9. The Balaban J connectivity index is 1.45. The quantitative estimate of drug-likeness (QED) is 0.490. The Labute approximate surface area is 175 Å². The van der Waals surface area contributed by atoms with E-state index in [2.05, 4.69) is 25.3 Å². The number of benzene rings is 1. The summed E-state index contributed by atoms with van der Waals surface area (Å²) in [5.74, 6) is 1.09. The maximum atomic E-state index is 13.1. The van der Waals surface area contributed by atoms with Crippen LogP contribution in [0.1, 0.15) is 0 Å². The average molecular weight is 411 g/mol. The van der Waals surface area contributed by atoms with Crippen LogP contribution < -0.4 is 10.3 Å². The molecule has 5 heterocycles. The van der Waals surface area contributed by atoms with Gasteiger partial charge in [-0.3, -0.25) is 14.9 Å². The zero-order valence-electron chi connectivity index (χ0n) is 16.6. The molecule has 0 fully saturated rings. The second-order valence-corrected chi connectivity index (χ2v) is 7.39. The molecule has 152 valence electrons. The molecular weight excluding hydrogens is 394 g/mol. The lowest BCUT2D eigenvalue weighted by atomic mass is 10.2. The van der Waals surface area contributed by atoms with Gasteiger partial charge in [-0.25, -0.2) is 9.67 Å². The Morgan fingerprint density at radius 3 is 2.97 bits per heavy atom. The summed E-state index contributed by atoms with van der Waals surface area (Å²) in [7, 11) is 1.88. The fraction of sp³-hybridized carbons (Fsp3) is 0.136. The van der Waals surface area contributed by atoms with E-state index in [1.807, 2.05) is 48.0 Å². The van der Waals surface area contributed by atoms with Crippen molar-refractivity contribution in [1.29, 1.82) is 0 Å². The molecule has 4 aromatic heterocycles. The zero-order valence-corrected chi connectivity index (χ0v) is 16.6. The second kappa shape index (κ2) is 6.63. The molecule has 9 heteroatoms. The first-order valence-corrected chi connectivity index (χ1v) is 9.83. The van der Waals surface area contributed by atoms with Crippen molar-refractivity contribution in [3.63, 3.8) is 0 Å². The maximum Gasteiger partial charge on any atom is 0.291 e. The number of ether oxygens (including phenoxy) is 1. The summed E-state index contributed by atoms with van der Waals surface area (Å²) in [6.45, 7) is 1.02. The van der Waals surface area contributed by atoms with E-state index in [9.17, 15) is 4.79 Å². The van der Waals surface area contributed by atoms with Gasteiger partial charge in [0.25, 0.3) is 5.56 Å². The number of fused-ring (bicyclic) bond motifs is 4. The number of aromatic amines is 1. The van der Waals surface area contributed by atoms with E-state index in [-0.39, 0.29) is 5.56 Å². The highest BCUT2D eigenvalue weighted by Crippen LogP contribution is 2.32. The Kier molecular flexibility index (Phi) is 3.76. The van der Waals surface area contributed by atoms with Crippen molar-refractivity contribution >= 4 is 38.4 Å². The van der Waals surface area contributed by atoms with Crippen LogP contribution in [0.5, 0.6) is 11.6 Å². The van der Waals surface area contributed by atoms with Crippen LogP contribution in [0, 0.1) is 0 Å². The minimum Gasteiger partial charge on any atom is -0.438 e. The van der Waals surface area contributed by atoms with Gasteiger partial charge in [-0.15, -0.1) is 0 Å². The number of hydrogen-bond donors (Lipinski definition) is 1. The molecule has 6 rings (SSSR count). The molecule has 1 aliphatic rings. The lowest BCUT2D eigenvalue weighted by Gasteiger charge is -2.06. The smallest absolute Gasteiger partial charge is 0.291 e. The van der Waals surface area contributed by atoms with Crippen molar-refractivity contribution < 1.29 is 4.74 Å². The summed E-state index contributed by atoms with van der Waals surface area (Å²) in [5, 5.41) is 13.9. The first-order valence-electron chi connectivity index (χ1n) is 9.83. The first-order chi connectivity index (χ1) is 15.2. The van der Waals surface area contributed by atoms with Crippen LogP contribution in [0.4, 0.5) is 0 Å². The molecule has 0 radical (unpaired) electrons. The molecule has 0 unspecified atom stereocenters. The first kappa shape index (κ1) is 17.6. The fourth-order valence-corrected chi connectivity index (χ4v) is 4.02. The number of aryl methyl sites for hydroxylation is 1. The molecule has 9 nitrogen and oxygen atoms in total.